The van der Waals surface area contributed by atoms with Crippen LogP contribution < -0.4 is 5.01 Å². The minimum Gasteiger partial charge on any atom is -0.231 e. The van der Waals surface area contributed by atoms with Crippen molar-refractivity contribution in [3.05, 3.63) is 79.3 Å². The van der Waals surface area contributed by atoms with Crippen LogP contribution in [0.5, 0.6) is 0 Å². The van der Waals surface area contributed by atoms with E-state index < -0.39 is 0 Å². The summed E-state index contributed by atoms with van der Waals surface area (Å²) in [7, 11) is 0. The molecule has 0 N–H and O–H groups in total. The van der Waals surface area contributed by atoms with Gasteiger partial charge in [0.05, 0.1) is 31.0 Å². The fourth-order valence-corrected chi connectivity index (χ4v) is 6.12. The number of halogens is 2. The third-order valence-electron chi connectivity index (χ3n) is 4.48. The quantitative estimate of drug-likeness (QED) is 0.303. The Morgan fingerprint density at radius 3 is 2.61 bits per heavy atom. The van der Waals surface area contributed by atoms with E-state index in [1.165, 1.54) is 12.1 Å². The van der Waals surface area contributed by atoms with E-state index >= 15 is 0 Å². The van der Waals surface area contributed by atoms with Gasteiger partial charge in [-0.05, 0) is 57.2 Å². The highest BCUT2D eigenvalue weighted by atomic mass is 79.9. The summed E-state index contributed by atoms with van der Waals surface area (Å²) in [5.74, 6) is -0.229. The molecule has 0 bridgehead atoms. The second kappa shape index (κ2) is 7.51. The first kappa shape index (κ1) is 18.2. The molecule has 0 aliphatic carbocycles. The van der Waals surface area contributed by atoms with Crippen LogP contribution in [0, 0.1) is 5.82 Å². The second-order valence-electron chi connectivity index (χ2n) is 6.26. The molecule has 0 saturated heterocycles. The number of thiazole rings is 1. The Kier molecular flexibility index (Phi) is 4.88. The number of hydrazone groups is 1. The zero-order chi connectivity index (χ0) is 19.1. The van der Waals surface area contributed by atoms with Crippen LogP contribution in [-0.4, -0.2) is 10.7 Å². The lowest BCUT2D eigenvalue weighted by molar-refractivity contribution is 0.624. The molecule has 3 aromatic heterocycles. The number of anilines is 1. The summed E-state index contributed by atoms with van der Waals surface area (Å²) in [6.07, 6.45) is 0.769. The lowest BCUT2D eigenvalue weighted by Gasteiger charge is -2.21. The van der Waals surface area contributed by atoms with Gasteiger partial charge in [0.2, 0.25) is 5.13 Å². The van der Waals surface area contributed by atoms with Crippen LogP contribution in [0.3, 0.4) is 0 Å². The Morgan fingerprint density at radius 2 is 1.89 bits per heavy atom. The molecule has 4 aromatic rings. The highest BCUT2D eigenvalue weighted by molar-refractivity contribution is 9.11. The number of nitrogens with zero attached hydrogens (tertiary/aromatic N) is 3. The fourth-order valence-electron chi connectivity index (χ4n) is 3.16. The van der Waals surface area contributed by atoms with Gasteiger partial charge >= 0.3 is 0 Å². The average Bonchev–Trinajstić information content (AvgIpc) is 3.47. The molecule has 8 heteroatoms. The topological polar surface area (TPSA) is 28.5 Å². The maximum absolute atomic E-state index is 13.4. The number of benzene rings is 1. The van der Waals surface area contributed by atoms with Crippen LogP contribution in [-0.2, 0) is 0 Å². The first-order chi connectivity index (χ1) is 13.7. The maximum Gasteiger partial charge on any atom is 0.207 e. The first-order valence-electron chi connectivity index (χ1n) is 8.55. The Bertz CT molecular complexity index is 1130. The Labute approximate surface area is 181 Å². The molecular formula is C20H13BrFN3S3. The molecule has 0 radical (unpaired) electrons. The Hall–Kier alpha value is -1.87. The summed E-state index contributed by atoms with van der Waals surface area (Å²) in [4.78, 5) is 7.12. The third kappa shape index (κ3) is 3.45. The minimum absolute atomic E-state index is 0.00627. The highest BCUT2D eigenvalue weighted by Gasteiger charge is 2.32. The molecule has 140 valence electrons. The zero-order valence-corrected chi connectivity index (χ0v) is 18.4. The predicted molar refractivity (Wildman–Crippen MR) is 120 cm³/mol. The molecule has 4 heterocycles. The van der Waals surface area contributed by atoms with Crippen LogP contribution >= 0.6 is 49.9 Å². The van der Waals surface area contributed by atoms with Crippen LogP contribution in [0.15, 0.2) is 68.2 Å². The largest absolute Gasteiger partial charge is 0.231 e. The molecule has 28 heavy (non-hydrogen) atoms. The molecule has 1 aliphatic rings. The van der Waals surface area contributed by atoms with Gasteiger partial charge in [-0.1, -0.05) is 18.2 Å². The van der Waals surface area contributed by atoms with Gasteiger partial charge in [-0.3, -0.25) is 0 Å². The van der Waals surface area contributed by atoms with Crippen LogP contribution in [0.4, 0.5) is 9.52 Å². The van der Waals surface area contributed by atoms with E-state index in [0.717, 1.165) is 42.1 Å². The van der Waals surface area contributed by atoms with E-state index in [0.29, 0.717) is 0 Å². The zero-order valence-electron chi connectivity index (χ0n) is 14.4. The number of aromatic nitrogens is 1. The lowest BCUT2D eigenvalue weighted by Crippen LogP contribution is -2.18. The van der Waals surface area contributed by atoms with E-state index in [4.69, 9.17) is 10.1 Å². The summed E-state index contributed by atoms with van der Waals surface area (Å²) >= 11 is 8.44. The average molecular weight is 490 g/mol. The van der Waals surface area contributed by atoms with Crippen LogP contribution in [0.1, 0.15) is 22.9 Å². The minimum atomic E-state index is -0.229. The van der Waals surface area contributed by atoms with Crippen molar-refractivity contribution >= 4 is 60.8 Å². The Balaban J connectivity index is 1.53. The summed E-state index contributed by atoms with van der Waals surface area (Å²) in [6, 6.07) is 14.9. The summed E-state index contributed by atoms with van der Waals surface area (Å²) in [5, 5.41) is 11.9. The smallest absolute Gasteiger partial charge is 0.207 e. The fraction of sp³-hybridized carbons (Fsp3) is 0.100. The molecule has 1 aromatic carbocycles. The number of hydrogen-bond donors (Lipinski definition) is 0. The highest BCUT2D eigenvalue weighted by Crippen LogP contribution is 2.41. The van der Waals surface area contributed by atoms with Crippen molar-refractivity contribution in [1.29, 1.82) is 0 Å². The van der Waals surface area contributed by atoms with Gasteiger partial charge < -0.3 is 0 Å². The van der Waals surface area contributed by atoms with Crippen molar-refractivity contribution < 1.29 is 4.39 Å². The molecule has 1 aliphatic heterocycles. The molecule has 1 atom stereocenters. The second-order valence-corrected chi connectivity index (χ2v) is 10.5. The lowest BCUT2D eigenvalue weighted by atomic mass is 10.0. The number of hydrogen-bond acceptors (Lipinski definition) is 6. The van der Waals surface area contributed by atoms with Gasteiger partial charge in [0.1, 0.15) is 5.82 Å². The van der Waals surface area contributed by atoms with Crippen molar-refractivity contribution in [3.63, 3.8) is 0 Å². The van der Waals surface area contributed by atoms with Crippen molar-refractivity contribution in [2.24, 2.45) is 5.10 Å². The predicted octanol–water partition coefficient (Wildman–Crippen LogP) is 7.19. The van der Waals surface area contributed by atoms with Crippen LogP contribution in [0.25, 0.3) is 10.6 Å². The molecule has 3 nitrogen and oxygen atoms in total. The van der Waals surface area contributed by atoms with Gasteiger partial charge in [-0.25, -0.2) is 14.4 Å². The molecule has 0 saturated carbocycles. The van der Waals surface area contributed by atoms with E-state index in [1.54, 1.807) is 34.0 Å². The van der Waals surface area contributed by atoms with Crippen molar-refractivity contribution in [2.45, 2.75) is 12.5 Å². The molecule has 0 spiro atoms. The number of rotatable bonds is 4. The van der Waals surface area contributed by atoms with Crippen molar-refractivity contribution in [1.82, 2.24) is 4.98 Å². The molecular weight excluding hydrogens is 477 g/mol. The van der Waals surface area contributed by atoms with Gasteiger partial charge in [-0.15, -0.1) is 34.0 Å². The van der Waals surface area contributed by atoms with Gasteiger partial charge in [0.25, 0.3) is 0 Å². The van der Waals surface area contributed by atoms with E-state index in [2.05, 4.69) is 38.8 Å². The standard InChI is InChI=1S/C20H13BrFN3S3/c21-19-8-7-18(28-19)15-11-27-20(23-15)25-16(12-3-5-13(22)6-4-12)10-14(24-25)17-2-1-9-26-17/h1-9,11,16H,10H2/t16-/m1/s1. The molecule has 0 fully saturated rings. The van der Waals surface area contributed by atoms with E-state index in [9.17, 15) is 4.39 Å². The third-order valence-corrected chi connectivity index (χ3v) is 7.88. The normalized spacial score (nSPS) is 16.6. The van der Waals surface area contributed by atoms with Crippen LogP contribution in [0.2, 0.25) is 0 Å². The SMILES string of the molecule is Fc1ccc([C@H]2CC(c3cccs3)=NN2c2nc(-c3ccc(Br)s3)cs2)cc1. The molecule has 0 amide bonds. The summed E-state index contributed by atoms with van der Waals surface area (Å²) in [6.45, 7) is 0. The first-order valence-corrected chi connectivity index (χ1v) is 11.9. The maximum atomic E-state index is 13.4. The summed E-state index contributed by atoms with van der Waals surface area (Å²) < 4.78 is 14.5. The summed E-state index contributed by atoms with van der Waals surface area (Å²) in [5.41, 5.74) is 3.03. The van der Waals surface area contributed by atoms with Crippen molar-refractivity contribution in [2.75, 3.05) is 5.01 Å². The van der Waals surface area contributed by atoms with Gasteiger partial charge in [0.15, 0.2) is 0 Å². The van der Waals surface area contributed by atoms with Gasteiger partial charge in [0, 0.05) is 11.8 Å². The molecule has 5 rings (SSSR count). The van der Waals surface area contributed by atoms with Crippen molar-refractivity contribution in [3.8, 4) is 10.6 Å². The Morgan fingerprint density at radius 1 is 1.04 bits per heavy atom. The monoisotopic (exact) mass is 489 g/mol. The number of thiophene rings is 2. The van der Waals surface area contributed by atoms with E-state index in [1.807, 2.05) is 29.3 Å². The van der Waals surface area contributed by atoms with E-state index in [-0.39, 0.29) is 11.9 Å². The molecule has 0 unspecified atom stereocenters. The van der Waals surface area contributed by atoms with Gasteiger partial charge in [-0.2, -0.15) is 5.10 Å².